The Morgan fingerprint density at radius 3 is 2.48 bits per heavy atom. The summed E-state index contributed by atoms with van der Waals surface area (Å²) in [6.45, 7) is 7.70. The fourth-order valence-corrected chi connectivity index (χ4v) is 2.55. The Hall–Kier alpha value is -2.49. The number of rotatable bonds is 8. The molecule has 134 valence electrons. The van der Waals surface area contributed by atoms with Crippen LogP contribution < -0.4 is 10.1 Å². The van der Waals surface area contributed by atoms with Crippen LogP contribution in [0.4, 0.5) is 4.79 Å². The normalized spacial score (nSPS) is 10.6. The Balaban J connectivity index is 1.80. The third kappa shape index (κ3) is 6.14. The van der Waals surface area contributed by atoms with Crippen molar-refractivity contribution in [2.75, 3.05) is 13.2 Å². The first-order valence-electron chi connectivity index (χ1n) is 8.90. The van der Waals surface area contributed by atoms with Crippen LogP contribution in [0.1, 0.15) is 31.9 Å². The minimum absolute atomic E-state index is 0.0650. The van der Waals surface area contributed by atoms with Gasteiger partial charge in [0.05, 0.1) is 6.54 Å². The van der Waals surface area contributed by atoms with Crippen molar-refractivity contribution in [1.29, 1.82) is 0 Å². The summed E-state index contributed by atoms with van der Waals surface area (Å²) in [6, 6.07) is 18.1. The Labute approximate surface area is 150 Å². The number of amides is 2. The first kappa shape index (κ1) is 18.8. The van der Waals surface area contributed by atoms with Gasteiger partial charge in [-0.15, -0.1) is 0 Å². The van der Waals surface area contributed by atoms with Gasteiger partial charge in [-0.3, -0.25) is 0 Å². The second kappa shape index (κ2) is 9.72. The standard InChI is InChI=1S/C21H28N2O2/c1-4-18-11-8-12-20(15-18)25-14-13-22-21(24)23(17(2)3)16-19-9-6-5-7-10-19/h5-12,15,17H,4,13-14,16H2,1-3H3,(H,22,24). The maximum absolute atomic E-state index is 12.5. The molecule has 0 saturated heterocycles. The summed E-state index contributed by atoms with van der Waals surface area (Å²) in [7, 11) is 0. The predicted octanol–water partition coefficient (Wildman–Crippen LogP) is 4.25. The molecular formula is C21H28N2O2. The van der Waals surface area contributed by atoms with Gasteiger partial charge in [-0.25, -0.2) is 4.79 Å². The molecule has 0 aliphatic carbocycles. The summed E-state index contributed by atoms with van der Waals surface area (Å²) in [4.78, 5) is 14.3. The lowest BCUT2D eigenvalue weighted by Gasteiger charge is -2.27. The van der Waals surface area contributed by atoms with E-state index in [4.69, 9.17) is 4.74 Å². The Kier molecular flexibility index (Phi) is 7.33. The van der Waals surface area contributed by atoms with E-state index in [0.717, 1.165) is 17.7 Å². The molecule has 2 rings (SSSR count). The van der Waals surface area contributed by atoms with Crippen LogP contribution >= 0.6 is 0 Å². The molecule has 1 N–H and O–H groups in total. The molecule has 2 aromatic rings. The molecule has 0 aromatic heterocycles. The number of urea groups is 1. The number of hydrogen-bond donors (Lipinski definition) is 1. The average Bonchev–Trinajstić information content (AvgIpc) is 2.64. The Morgan fingerprint density at radius 2 is 1.80 bits per heavy atom. The number of aryl methyl sites for hydroxylation is 1. The van der Waals surface area contributed by atoms with Crippen molar-refractivity contribution < 1.29 is 9.53 Å². The van der Waals surface area contributed by atoms with E-state index in [1.165, 1.54) is 5.56 Å². The number of nitrogens with one attached hydrogen (secondary N) is 1. The lowest BCUT2D eigenvalue weighted by atomic mass is 10.2. The summed E-state index contributed by atoms with van der Waals surface area (Å²) in [5.41, 5.74) is 2.37. The highest BCUT2D eigenvalue weighted by Gasteiger charge is 2.16. The summed E-state index contributed by atoms with van der Waals surface area (Å²) in [5, 5.41) is 2.95. The van der Waals surface area contributed by atoms with Gasteiger partial charge in [-0.2, -0.15) is 0 Å². The van der Waals surface area contributed by atoms with Crippen LogP contribution in [0.2, 0.25) is 0 Å². The zero-order chi connectivity index (χ0) is 18.1. The number of benzene rings is 2. The van der Waals surface area contributed by atoms with Gasteiger partial charge in [0.15, 0.2) is 0 Å². The van der Waals surface area contributed by atoms with Crippen LogP contribution in [0, 0.1) is 0 Å². The molecule has 0 fully saturated rings. The van der Waals surface area contributed by atoms with Crippen LogP contribution in [0.5, 0.6) is 5.75 Å². The molecule has 4 heteroatoms. The van der Waals surface area contributed by atoms with Gasteiger partial charge >= 0.3 is 6.03 Å². The number of hydrogen-bond acceptors (Lipinski definition) is 2. The number of ether oxygens (including phenoxy) is 1. The first-order valence-corrected chi connectivity index (χ1v) is 8.90. The highest BCUT2D eigenvalue weighted by atomic mass is 16.5. The zero-order valence-corrected chi connectivity index (χ0v) is 15.4. The van der Waals surface area contributed by atoms with E-state index in [9.17, 15) is 4.79 Å². The third-order valence-corrected chi connectivity index (χ3v) is 4.03. The molecule has 0 radical (unpaired) electrons. The number of carbonyl (C=O) groups excluding carboxylic acids is 1. The first-order chi connectivity index (χ1) is 12.1. The molecular weight excluding hydrogens is 312 g/mol. The molecule has 2 aromatic carbocycles. The fourth-order valence-electron chi connectivity index (χ4n) is 2.55. The van der Waals surface area contributed by atoms with E-state index < -0.39 is 0 Å². The van der Waals surface area contributed by atoms with Gasteiger partial charge in [0, 0.05) is 12.6 Å². The smallest absolute Gasteiger partial charge is 0.318 e. The molecule has 0 unspecified atom stereocenters. The van der Waals surface area contributed by atoms with Crippen LogP contribution in [0.3, 0.4) is 0 Å². The van der Waals surface area contributed by atoms with Gasteiger partial charge in [0.25, 0.3) is 0 Å². The lowest BCUT2D eigenvalue weighted by molar-refractivity contribution is 0.177. The van der Waals surface area contributed by atoms with Crippen LogP contribution in [-0.2, 0) is 13.0 Å². The van der Waals surface area contributed by atoms with Crippen molar-refractivity contribution in [2.24, 2.45) is 0 Å². The minimum atomic E-state index is -0.0650. The summed E-state index contributed by atoms with van der Waals surface area (Å²) >= 11 is 0. The SMILES string of the molecule is CCc1cccc(OCCNC(=O)N(Cc2ccccc2)C(C)C)c1. The number of carbonyl (C=O) groups is 1. The predicted molar refractivity (Wildman–Crippen MR) is 102 cm³/mol. The largest absolute Gasteiger partial charge is 0.492 e. The molecule has 0 saturated carbocycles. The van der Waals surface area contributed by atoms with Crippen molar-refractivity contribution in [3.8, 4) is 5.75 Å². The number of nitrogens with zero attached hydrogens (tertiary/aromatic N) is 1. The van der Waals surface area contributed by atoms with Crippen LogP contribution in [0.25, 0.3) is 0 Å². The van der Waals surface area contributed by atoms with Crippen molar-refractivity contribution in [2.45, 2.75) is 39.8 Å². The molecule has 0 spiro atoms. The molecule has 0 heterocycles. The van der Waals surface area contributed by atoms with Crippen LogP contribution in [0.15, 0.2) is 54.6 Å². The molecule has 0 atom stereocenters. The van der Waals surface area contributed by atoms with Gasteiger partial charge in [0.2, 0.25) is 0 Å². The van der Waals surface area contributed by atoms with Crippen molar-refractivity contribution in [1.82, 2.24) is 10.2 Å². The quantitative estimate of drug-likeness (QED) is 0.730. The maximum Gasteiger partial charge on any atom is 0.318 e. The summed E-state index contributed by atoms with van der Waals surface area (Å²) in [6.07, 6.45) is 0.983. The van der Waals surface area contributed by atoms with E-state index in [0.29, 0.717) is 19.7 Å². The lowest BCUT2D eigenvalue weighted by Crippen LogP contribution is -2.44. The Morgan fingerprint density at radius 1 is 1.08 bits per heavy atom. The minimum Gasteiger partial charge on any atom is -0.492 e. The van der Waals surface area contributed by atoms with Gasteiger partial charge in [-0.05, 0) is 43.5 Å². The van der Waals surface area contributed by atoms with Crippen LogP contribution in [-0.4, -0.2) is 30.1 Å². The second-order valence-corrected chi connectivity index (χ2v) is 6.29. The Bertz CT molecular complexity index is 656. The van der Waals surface area contributed by atoms with E-state index in [-0.39, 0.29) is 12.1 Å². The van der Waals surface area contributed by atoms with E-state index in [1.54, 1.807) is 0 Å². The van der Waals surface area contributed by atoms with Crippen molar-refractivity contribution >= 4 is 6.03 Å². The molecule has 4 nitrogen and oxygen atoms in total. The molecule has 0 aliphatic heterocycles. The highest BCUT2D eigenvalue weighted by Crippen LogP contribution is 2.13. The van der Waals surface area contributed by atoms with E-state index in [1.807, 2.05) is 67.3 Å². The maximum atomic E-state index is 12.5. The van der Waals surface area contributed by atoms with E-state index >= 15 is 0 Å². The van der Waals surface area contributed by atoms with Gasteiger partial charge in [0.1, 0.15) is 12.4 Å². The van der Waals surface area contributed by atoms with Crippen molar-refractivity contribution in [3.63, 3.8) is 0 Å². The van der Waals surface area contributed by atoms with Gasteiger partial charge in [-0.1, -0.05) is 49.4 Å². The highest BCUT2D eigenvalue weighted by molar-refractivity contribution is 5.74. The zero-order valence-electron chi connectivity index (χ0n) is 15.4. The summed E-state index contributed by atoms with van der Waals surface area (Å²) in [5.74, 6) is 0.846. The monoisotopic (exact) mass is 340 g/mol. The average molecular weight is 340 g/mol. The second-order valence-electron chi connectivity index (χ2n) is 6.29. The van der Waals surface area contributed by atoms with Crippen molar-refractivity contribution in [3.05, 3.63) is 65.7 Å². The third-order valence-electron chi connectivity index (χ3n) is 4.03. The molecule has 0 aliphatic rings. The van der Waals surface area contributed by atoms with Gasteiger partial charge < -0.3 is 15.0 Å². The fraction of sp³-hybridized carbons (Fsp3) is 0.381. The van der Waals surface area contributed by atoms with E-state index in [2.05, 4.69) is 18.3 Å². The molecule has 0 bridgehead atoms. The summed E-state index contributed by atoms with van der Waals surface area (Å²) < 4.78 is 5.72. The molecule has 25 heavy (non-hydrogen) atoms. The molecule has 2 amide bonds. The topological polar surface area (TPSA) is 41.6 Å².